The van der Waals surface area contributed by atoms with Crippen LogP contribution in [0.2, 0.25) is 18.1 Å². The lowest BCUT2D eigenvalue weighted by Gasteiger charge is -2.58. The predicted octanol–water partition coefficient (Wildman–Crippen LogP) is 7.42. The summed E-state index contributed by atoms with van der Waals surface area (Å²) >= 11 is 0. The standard InChI is InChI=1S/C27H50O2Si/c1-9-19-16-22-18(17-27(19,6)28)10-11-21-20(22)14-15-26(5)23(21)12-13-24(26)29-30(7,8)25(2,3)4/h18-24,28H,9-17H2,1-8H3/t18?,19?,20-,21+,22-,23-,24-,26-,27?/m0/s1. The molecule has 30 heavy (non-hydrogen) atoms. The molecular weight excluding hydrogens is 384 g/mol. The highest BCUT2D eigenvalue weighted by Crippen LogP contribution is 2.64. The first kappa shape index (κ1) is 23.3. The molecule has 4 fully saturated rings. The van der Waals surface area contributed by atoms with Crippen molar-refractivity contribution < 1.29 is 9.53 Å². The molecule has 174 valence electrons. The third kappa shape index (κ3) is 3.67. The molecule has 4 rings (SSSR count). The summed E-state index contributed by atoms with van der Waals surface area (Å²) in [4.78, 5) is 0. The zero-order chi connectivity index (χ0) is 22.1. The highest BCUT2D eigenvalue weighted by molar-refractivity contribution is 6.74. The van der Waals surface area contributed by atoms with E-state index in [0.29, 0.717) is 22.5 Å². The Balaban J connectivity index is 1.51. The van der Waals surface area contributed by atoms with Crippen LogP contribution in [0.25, 0.3) is 0 Å². The largest absolute Gasteiger partial charge is 0.413 e. The van der Waals surface area contributed by atoms with Gasteiger partial charge in [-0.25, -0.2) is 0 Å². The molecule has 0 amide bonds. The molecule has 1 N–H and O–H groups in total. The number of hydrogen-bond donors (Lipinski definition) is 1. The van der Waals surface area contributed by atoms with E-state index in [1.54, 1.807) is 0 Å². The van der Waals surface area contributed by atoms with Crippen molar-refractivity contribution in [2.45, 2.75) is 129 Å². The van der Waals surface area contributed by atoms with Crippen molar-refractivity contribution in [1.29, 1.82) is 0 Å². The smallest absolute Gasteiger partial charge is 0.192 e. The predicted molar refractivity (Wildman–Crippen MR) is 129 cm³/mol. The van der Waals surface area contributed by atoms with Crippen LogP contribution in [0.1, 0.15) is 99.3 Å². The highest BCUT2D eigenvalue weighted by atomic mass is 28.4. The van der Waals surface area contributed by atoms with Crippen LogP contribution >= 0.6 is 0 Å². The maximum absolute atomic E-state index is 11.1. The van der Waals surface area contributed by atoms with Crippen LogP contribution in [0.3, 0.4) is 0 Å². The summed E-state index contributed by atoms with van der Waals surface area (Å²) in [5.74, 6) is 4.85. The van der Waals surface area contributed by atoms with Crippen LogP contribution in [0.15, 0.2) is 0 Å². The Morgan fingerprint density at radius 3 is 2.30 bits per heavy atom. The van der Waals surface area contributed by atoms with E-state index in [2.05, 4.69) is 54.6 Å². The fourth-order valence-corrected chi connectivity index (χ4v) is 9.87. The van der Waals surface area contributed by atoms with Crippen molar-refractivity contribution in [3.63, 3.8) is 0 Å². The van der Waals surface area contributed by atoms with E-state index in [9.17, 15) is 5.11 Å². The minimum absolute atomic E-state index is 0.297. The summed E-state index contributed by atoms with van der Waals surface area (Å²) in [5.41, 5.74) is -0.0325. The second-order valence-electron chi connectivity index (χ2n) is 13.8. The first-order chi connectivity index (χ1) is 13.8. The van der Waals surface area contributed by atoms with Gasteiger partial charge in [0.05, 0.1) is 11.7 Å². The molecule has 0 aromatic carbocycles. The molecule has 0 spiro atoms. The van der Waals surface area contributed by atoms with Gasteiger partial charge in [-0.15, -0.1) is 0 Å². The van der Waals surface area contributed by atoms with Crippen LogP contribution in [0.4, 0.5) is 0 Å². The second kappa shape index (κ2) is 7.59. The van der Waals surface area contributed by atoms with Crippen molar-refractivity contribution >= 4 is 8.32 Å². The Labute approximate surface area is 188 Å². The Hall–Kier alpha value is 0.137. The van der Waals surface area contributed by atoms with E-state index in [-0.39, 0.29) is 0 Å². The van der Waals surface area contributed by atoms with Gasteiger partial charge < -0.3 is 9.53 Å². The number of hydrogen-bond acceptors (Lipinski definition) is 2. The fourth-order valence-electron chi connectivity index (χ4n) is 8.42. The number of fused-ring (bicyclic) bond motifs is 5. The summed E-state index contributed by atoms with van der Waals surface area (Å²) < 4.78 is 7.09. The minimum atomic E-state index is -1.72. The van der Waals surface area contributed by atoms with Crippen molar-refractivity contribution in [2.75, 3.05) is 0 Å². The Kier molecular flexibility index (Phi) is 5.89. The number of aliphatic hydroxyl groups is 1. The van der Waals surface area contributed by atoms with Gasteiger partial charge >= 0.3 is 0 Å². The molecule has 3 heteroatoms. The summed E-state index contributed by atoms with van der Waals surface area (Å²) in [6.45, 7) is 19.1. The molecule has 0 aromatic heterocycles. The molecule has 2 nitrogen and oxygen atoms in total. The molecule has 3 unspecified atom stereocenters. The quantitative estimate of drug-likeness (QED) is 0.468. The lowest BCUT2D eigenvalue weighted by molar-refractivity contribution is -0.131. The Morgan fingerprint density at radius 2 is 1.67 bits per heavy atom. The third-order valence-corrected chi connectivity index (χ3v) is 15.8. The van der Waals surface area contributed by atoms with Gasteiger partial charge in [-0.05, 0) is 117 Å². The second-order valence-corrected chi connectivity index (χ2v) is 18.6. The molecule has 0 bridgehead atoms. The maximum Gasteiger partial charge on any atom is 0.192 e. The summed E-state index contributed by atoms with van der Waals surface area (Å²) in [5, 5.41) is 11.4. The van der Waals surface area contributed by atoms with E-state index in [0.717, 1.165) is 42.4 Å². The van der Waals surface area contributed by atoms with E-state index < -0.39 is 13.9 Å². The van der Waals surface area contributed by atoms with Gasteiger partial charge in [-0.3, -0.25) is 0 Å². The molecule has 0 radical (unpaired) electrons. The van der Waals surface area contributed by atoms with Crippen molar-refractivity contribution in [2.24, 2.45) is 40.9 Å². The van der Waals surface area contributed by atoms with Gasteiger partial charge in [0, 0.05) is 0 Å². The van der Waals surface area contributed by atoms with Gasteiger partial charge in [0.1, 0.15) is 0 Å². The lowest BCUT2D eigenvalue weighted by atomic mass is 9.48. The Morgan fingerprint density at radius 1 is 0.967 bits per heavy atom. The van der Waals surface area contributed by atoms with Gasteiger partial charge in [-0.1, -0.05) is 41.0 Å². The van der Waals surface area contributed by atoms with E-state index in [1.165, 1.54) is 44.9 Å². The average Bonchev–Trinajstić information content (AvgIpc) is 2.95. The van der Waals surface area contributed by atoms with Crippen LogP contribution in [0.5, 0.6) is 0 Å². The monoisotopic (exact) mass is 434 g/mol. The normalized spacial score (nSPS) is 49.3. The van der Waals surface area contributed by atoms with E-state index in [1.807, 2.05) is 0 Å². The van der Waals surface area contributed by atoms with Crippen molar-refractivity contribution in [3.05, 3.63) is 0 Å². The summed E-state index contributed by atoms with van der Waals surface area (Å²) in [7, 11) is -1.72. The van der Waals surface area contributed by atoms with Crippen molar-refractivity contribution in [3.8, 4) is 0 Å². The maximum atomic E-state index is 11.1. The van der Waals surface area contributed by atoms with Crippen LogP contribution in [-0.2, 0) is 4.43 Å². The zero-order valence-corrected chi connectivity index (χ0v) is 22.3. The Bertz CT molecular complexity index is 635. The van der Waals surface area contributed by atoms with Gasteiger partial charge in [0.25, 0.3) is 0 Å². The van der Waals surface area contributed by atoms with Gasteiger partial charge in [-0.2, -0.15) is 0 Å². The molecule has 0 aliphatic heterocycles. The number of rotatable bonds is 3. The molecule has 0 aromatic rings. The zero-order valence-electron chi connectivity index (χ0n) is 21.3. The summed E-state index contributed by atoms with van der Waals surface area (Å²) in [6, 6.07) is 0. The van der Waals surface area contributed by atoms with Gasteiger partial charge in [0.2, 0.25) is 0 Å². The fraction of sp³-hybridized carbons (Fsp3) is 1.00. The van der Waals surface area contributed by atoms with Crippen molar-refractivity contribution in [1.82, 2.24) is 0 Å². The molecule has 9 atom stereocenters. The van der Waals surface area contributed by atoms with Crippen LogP contribution in [-0.4, -0.2) is 25.1 Å². The minimum Gasteiger partial charge on any atom is -0.413 e. The third-order valence-electron chi connectivity index (χ3n) is 11.3. The lowest BCUT2D eigenvalue weighted by Crippen LogP contribution is -2.54. The molecule has 4 aliphatic carbocycles. The summed E-state index contributed by atoms with van der Waals surface area (Å²) in [6.07, 6.45) is 12.2. The van der Waals surface area contributed by atoms with Crippen LogP contribution < -0.4 is 0 Å². The van der Waals surface area contributed by atoms with E-state index in [4.69, 9.17) is 4.43 Å². The molecule has 0 heterocycles. The molecule has 4 saturated carbocycles. The molecule has 4 aliphatic rings. The molecular formula is C27H50O2Si. The van der Waals surface area contributed by atoms with Gasteiger partial charge in [0.15, 0.2) is 8.32 Å². The van der Waals surface area contributed by atoms with Crippen LogP contribution in [0, 0.1) is 40.9 Å². The SMILES string of the molecule is CCC1C[C@H]2C(CC[C@@H]3[C@@H]2CC[C@]2(C)[C@@H](O[Si](C)(C)C(C)(C)C)CC[C@@H]32)CC1(C)O. The topological polar surface area (TPSA) is 29.5 Å². The average molecular weight is 435 g/mol. The van der Waals surface area contributed by atoms with E-state index >= 15 is 0 Å². The highest BCUT2D eigenvalue weighted by Gasteiger charge is 2.59. The first-order valence-electron chi connectivity index (χ1n) is 13.2. The first-order valence-corrected chi connectivity index (χ1v) is 16.1. The molecule has 0 saturated heterocycles.